The van der Waals surface area contributed by atoms with Crippen LogP contribution in [0.2, 0.25) is 5.02 Å². The van der Waals surface area contributed by atoms with Crippen molar-refractivity contribution in [2.24, 2.45) is 0 Å². The molecule has 0 spiro atoms. The number of para-hydroxylation sites is 1. The van der Waals surface area contributed by atoms with Crippen molar-refractivity contribution in [2.45, 2.75) is 12.5 Å². The smallest absolute Gasteiger partial charge is 0.258 e. The monoisotopic (exact) mass is 410 g/mol. The number of ether oxygens (including phenoxy) is 1. The van der Waals surface area contributed by atoms with Crippen LogP contribution in [0.15, 0.2) is 48.5 Å². The number of carbonyl (C=O) groups excluding carboxylic acids is 2. The molecule has 2 aromatic carbocycles. The average molecular weight is 411 g/mol. The molecule has 0 fully saturated rings. The highest BCUT2D eigenvalue weighted by Gasteiger charge is 2.21. The maximum absolute atomic E-state index is 13.2. The Labute approximate surface area is 166 Å². The van der Waals surface area contributed by atoms with E-state index in [0.717, 1.165) is 0 Å². The molecule has 5 nitrogen and oxygen atoms in total. The van der Waals surface area contributed by atoms with Crippen LogP contribution >= 0.6 is 23.4 Å². The zero-order chi connectivity index (χ0) is 19.6. The average Bonchev–Trinajstić information content (AvgIpc) is 2.67. The molecule has 0 aliphatic rings. The molecule has 2 N–H and O–H groups in total. The normalized spacial score (nSPS) is 11.5. The van der Waals surface area contributed by atoms with Crippen molar-refractivity contribution in [1.82, 2.24) is 5.32 Å². The second-order valence-electron chi connectivity index (χ2n) is 5.62. The molecule has 0 aliphatic heterocycles. The number of hydrogen-bond donors (Lipinski definition) is 2. The Bertz CT molecular complexity index is 777. The van der Waals surface area contributed by atoms with Gasteiger partial charge < -0.3 is 15.4 Å². The van der Waals surface area contributed by atoms with Crippen molar-refractivity contribution in [3.63, 3.8) is 0 Å². The maximum Gasteiger partial charge on any atom is 0.258 e. The van der Waals surface area contributed by atoms with Gasteiger partial charge in [0, 0.05) is 5.69 Å². The Hall–Kier alpha value is -2.25. The summed E-state index contributed by atoms with van der Waals surface area (Å²) >= 11 is 7.29. The lowest BCUT2D eigenvalue weighted by molar-refractivity contribution is -0.127. The maximum atomic E-state index is 13.2. The van der Waals surface area contributed by atoms with Gasteiger partial charge in [0.25, 0.3) is 5.91 Å². The second kappa shape index (κ2) is 10.8. The predicted molar refractivity (Wildman–Crippen MR) is 107 cm³/mol. The third-order valence-corrected chi connectivity index (χ3v) is 4.50. The molecule has 0 saturated carbocycles. The van der Waals surface area contributed by atoms with E-state index >= 15 is 0 Å². The van der Waals surface area contributed by atoms with Crippen LogP contribution in [0.3, 0.4) is 0 Å². The summed E-state index contributed by atoms with van der Waals surface area (Å²) in [5.41, 5.74) is 0.357. The van der Waals surface area contributed by atoms with Crippen LogP contribution in [0.25, 0.3) is 0 Å². The zero-order valence-electron chi connectivity index (χ0n) is 14.7. The molecule has 0 aliphatic carbocycles. The van der Waals surface area contributed by atoms with Crippen LogP contribution in [0.5, 0.6) is 5.75 Å². The van der Waals surface area contributed by atoms with E-state index in [1.807, 2.05) is 12.3 Å². The highest BCUT2D eigenvalue weighted by atomic mass is 35.5. The Morgan fingerprint density at radius 2 is 1.96 bits per heavy atom. The number of carbonyl (C=O) groups is 2. The van der Waals surface area contributed by atoms with E-state index in [9.17, 15) is 14.0 Å². The lowest BCUT2D eigenvalue weighted by Crippen LogP contribution is -2.45. The quantitative estimate of drug-likeness (QED) is 0.661. The van der Waals surface area contributed by atoms with Crippen molar-refractivity contribution in [3.05, 3.63) is 59.4 Å². The van der Waals surface area contributed by atoms with Crippen LogP contribution in [-0.2, 0) is 9.59 Å². The molecule has 2 amide bonds. The first kappa shape index (κ1) is 21.1. The number of anilines is 1. The molecule has 144 valence electrons. The van der Waals surface area contributed by atoms with Crippen molar-refractivity contribution in [3.8, 4) is 5.75 Å². The van der Waals surface area contributed by atoms with Gasteiger partial charge in [-0.1, -0.05) is 29.8 Å². The molecule has 1 atom stereocenters. The van der Waals surface area contributed by atoms with E-state index in [0.29, 0.717) is 23.6 Å². The fraction of sp³-hybridized carbons (Fsp3) is 0.263. The molecule has 27 heavy (non-hydrogen) atoms. The van der Waals surface area contributed by atoms with E-state index in [1.54, 1.807) is 36.0 Å². The van der Waals surface area contributed by atoms with E-state index in [-0.39, 0.29) is 11.6 Å². The Balaban J connectivity index is 1.94. The summed E-state index contributed by atoms with van der Waals surface area (Å²) in [6, 6.07) is 12.1. The number of hydrogen-bond acceptors (Lipinski definition) is 4. The Kier molecular flexibility index (Phi) is 8.42. The van der Waals surface area contributed by atoms with E-state index in [1.165, 1.54) is 18.2 Å². The van der Waals surface area contributed by atoms with Gasteiger partial charge in [-0.25, -0.2) is 4.39 Å². The summed E-state index contributed by atoms with van der Waals surface area (Å²) in [6.45, 7) is -0.199. The topological polar surface area (TPSA) is 67.4 Å². The predicted octanol–water partition coefficient (Wildman–Crippen LogP) is 3.73. The minimum Gasteiger partial charge on any atom is -0.484 e. The third-order valence-electron chi connectivity index (χ3n) is 3.56. The number of rotatable bonds is 9. The molecule has 1 unspecified atom stereocenters. The lowest BCUT2D eigenvalue weighted by atomic mass is 10.2. The molecular weight excluding hydrogens is 391 g/mol. The van der Waals surface area contributed by atoms with Gasteiger partial charge in [-0.2, -0.15) is 11.8 Å². The summed E-state index contributed by atoms with van der Waals surface area (Å²) in [5.74, 6) is -0.127. The van der Waals surface area contributed by atoms with Crippen LogP contribution in [0.4, 0.5) is 10.1 Å². The summed E-state index contributed by atoms with van der Waals surface area (Å²) < 4.78 is 18.6. The lowest BCUT2D eigenvalue weighted by Gasteiger charge is -2.18. The minimum absolute atomic E-state index is 0.0891. The van der Waals surface area contributed by atoms with Crippen LogP contribution in [0, 0.1) is 5.82 Å². The molecule has 0 saturated heterocycles. The fourth-order valence-electron chi connectivity index (χ4n) is 2.21. The first-order valence-corrected chi connectivity index (χ1v) is 9.99. The number of nitrogens with one attached hydrogen (secondary N) is 2. The van der Waals surface area contributed by atoms with Gasteiger partial charge in [0.1, 0.15) is 17.6 Å². The SMILES string of the molecule is CSCCC(NC(=O)COc1ccccc1)C(=O)Nc1ccc(F)c(Cl)c1. The standard InChI is InChI=1S/C19H20ClFN2O3S/c1-27-10-9-17(19(25)22-13-7-8-16(21)15(20)11-13)23-18(24)12-26-14-5-3-2-4-6-14/h2-8,11,17H,9-10,12H2,1H3,(H,22,25)(H,23,24). The molecule has 2 aromatic rings. The molecule has 0 radical (unpaired) electrons. The van der Waals surface area contributed by atoms with Gasteiger partial charge in [-0.3, -0.25) is 9.59 Å². The van der Waals surface area contributed by atoms with Crippen LogP contribution in [-0.4, -0.2) is 36.5 Å². The summed E-state index contributed by atoms with van der Waals surface area (Å²) in [6.07, 6.45) is 2.36. The van der Waals surface area contributed by atoms with Crippen LogP contribution < -0.4 is 15.4 Å². The number of halogens is 2. The number of benzene rings is 2. The largest absolute Gasteiger partial charge is 0.484 e. The third kappa shape index (κ3) is 7.11. The summed E-state index contributed by atoms with van der Waals surface area (Å²) in [4.78, 5) is 24.7. The highest BCUT2D eigenvalue weighted by molar-refractivity contribution is 7.98. The second-order valence-corrected chi connectivity index (χ2v) is 7.01. The highest BCUT2D eigenvalue weighted by Crippen LogP contribution is 2.19. The summed E-state index contributed by atoms with van der Waals surface area (Å²) in [7, 11) is 0. The number of amides is 2. The molecule has 0 heterocycles. The van der Waals surface area contributed by atoms with Crippen molar-refractivity contribution in [1.29, 1.82) is 0 Å². The molecular formula is C19H20ClFN2O3S. The van der Waals surface area contributed by atoms with Gasteiger partial charge in [-0.15, -0.1) is 0 Å². The minimum atomic E-state index is -0.742. The van der Waals surface area contributed by atoms with Crippen molar-refractivity contribution >= 4 is 40.9 Å². The first-order chi connectivity index (χ1) is 13.0. The van der Waals surface area contributed by atoms with Gasteiger partial charge in [0.05, 0.1) is 5.02 Å². The first-order valence-electron chi connectivity index (χ1n) is 8.21. The van der Waals surface area contributed by atoms with Gasteiger partial charge >= 0.3 is 0 Å². The van der Waals surface area contributed by atoms with Crippen LogP contribution in [0.1, 0.15) is 6.42 Å². The number of thioether (sulfide) groups is 1. The van der Waals surface area contributed by atoms with Crippen molar-refractivity contribution in [2.75, 3.05) is 23.9 Å². The molecule has 8 heteroatoms. The Morgan fingerprint density at radius 3 is 2.63 bits per heavy atom. The molecule has 0 aromatic heterocycles. The molecule has 2 rings (SSSR count). The fourth-order valence-corrected chi connectivity index (χ4v) is 2.86. The van der Waals surface area contributed by atoms with Crippen molar-refractivity contribution < 1.29 is 18.7 Å². The zero-order valence-corrected chi connectivity index (χ0v) is 16.3. The van der Waals surface area contributed by atoms with E-state index < -0.39 is 23.7 Å². The van der Waals surface area contributed by atoms with E-state index in [4.69, 9.17) is 16.3 Å². The van der Waals surface area contributed by atoms with E-state index in [2.05, 4.69) is 10.6 Å². The summed E-state index contributed by atoms with van der Waals surface area (Å²) in [5, 5.41) is 5.23. The molecule has 0 bridgehead atoms. The van der Waals surface area contributed by atoms with Gasteiger partial charge in [-0.05, 0) is 48.8 Å². The Morgan fingerprint density at radius 1 is 1.22 bits per heavy atom. The van der Waals surface area contributed by atoms with Gasteiger partial charge in [0.2, 0.25) is 5.91 Å². The van der Waals surface area contributed by atoms with Gasteiger partial charge in [0.15, 0.2) is 6.61 Å².